The molecule has 3 unspecified atom stereocenters. The van der Waals surface area contributed by atoms with Gasteiger partial charge in [-0.05, 0) is 56.4 Å². The van der Waals surface area contributed by atoms with Crippen LogP contribution in [0.3, 0.4) is 0 Å². The average molecular weight is 294 g/mol. The van der Waals surface area contributed by atoms with Gasteiger partial charge in [0.05, 0.1) is 7.11 Å². The van der Waals surface area contributed by atoms with E-state index in [0.717, 1.165) is 44.2 Å². The highest BCUT2D eigenvalue weighted by Crippen LogP contribution is 2.43. The van der Waals surface area contributed by atoms with Gasteiger partial charge in [-0.15, -0.1) is 0 Å². The first-order chi connectivity index (χ1) is 10.2. The molecule has 1 saturated heterocycles. The van der Waals surface area contributed by atoms with Crippen molar-refractivity contribution in [3.63, 3.8) is 0 Å². The minimum Gasteiger partial charge on any atom is -0.468 e. The Morgan fingerprint density at radius 1 is 1.24 bits per heavy atom. The van der Waals surface area contributed by atoms with E-state index in [9.17, 15) is 4.79 Å². The lowest BCUT2D eigenvalue weighted by Gasteiger charge is -2.36. The second kappa shape index (κ2) is 6.25. The maximum Gasteiger partial charge on any atom is 0.327 e. The van der Waals surface area contributed by atoms with E-state index in [4.69, 9.17) is 4.74 Å². The van der Waals surface area contributed by atoms with Gasteiger partial charge in [-0.2, -0.15) is 0 Å². The van der Waals surface area contributed by atoms with Gasteiger partial charge in [-0.3, -0.25) is 0 Å². The summed E-state index contributed by atoms with van der Waals surface area (Å²) in [5.74, 6) is 2.18. The van der Waals surface area contributed by atoms with Crippen molar-refractivity contribution < 1.29 is 9.53 Å². The summed E-state index contributed by atoms with van der Waals surface area (Å²) in [5, 5.41) is 3.57. The van der Waals surface area contributed by atoms with Crippen molar-refractivity contribution in [2.75, 3.05) is 33.3 Å². The molecule has 0 aromatic rings. The first kappa shape index (κ1) is 15.3. The van der Waals surface area contributed by atoms with Gasteiger partial charge in [0.1, 0.15) is 5.54 Å². The largest absolute Gasteiger partial charge is 0.468 e. The number of rotatable bonds is 7. The van der Waals surface area contributed by atoms with Crippen molar-refractivity contribution >= 4 is 5.97 Å². The summed E-state index contributed by atoms with van der Waals surface area (Å²) in [5.41, 5.74) is -0.455. The maximum absolute atomic E-state index is 12.5. The number of ether oxygens (including phenoxy) is 1. The predicted molar refractivity (Wildman–Crippen MR) is 83.0 cm³/mol. The molecule has 2 aliphatic carbocycles. The quantitative estimate of drug-likeness (QED) is 0.730. The van der Waals surface area contributed by atoms with E-state index in [0.29, 0.717) is 5.92 Å². The molecule has 2 saturated carbocycles. The highest BCUT2D eigenvalue weighted by atomic mass is 16.5. The lowest BCUT2D eigenvalue weighted by atomic mass is 9.91. The summed E-state index contributed by atoms with van der Waals surface area (Å²) >= 11 is 0. The van der Waals surface area contributed by atoms with Crippen LogP contribution in [0.4, 0.5) is 0 Å². The van der Waals surface area contributed by atoms with Crippen LogP contribution in [0, 0.1) is 17.8 Å². The van der Waals surface area contributed by atoms with Gasteiger partial charge in [0.15, 0.2) is 0 Å². The number of esters is 1. The number of carbonyl (C=O) groups is 1. The molecule has 0 amide bonds. The van der Waals surface area contributed by atoms with Crippen molar-refractivity contribution in [3.05, 3.63) is 0 Å². The molecule has 0 spiro atoms. The molecule has 0 aromatic carbocycles. The molecule has 3 aliphatic rings. The number of fused-ring (bicyclic) bond motifs is 1. The monoisotopic (exact) mass is 294 g/mol. The summed E-state index contributed by atoms with van der Waals surface area (Å²) in [6.45, 7) is 6.26. The molecule has 1 N–H and O–H groups in total. The van der Waals surface area contributed by atoms with E-state index in [1.54, 1.807) is 0 Å². The Kier molecular flexibility index (Phi) is 4.55. The Hall–Kier alpha value is -0.610. The third-order valence-corrected chi connectivity index (χ3v) is 5.79. The van der Waals surface area contributed by atoms with Crippen LogP contribution in [0.25, 0.3) is 0 Å². The Bertz CT molecular complexity index is 371. The molecule has 3 fully saturated rings. The van der Waals surface area contributed by atoms with E-state index in [1.165, 1.54) is 39.5 Å². The zero-order valence-corrected chi connectivity index (χ0v) is 13.6. The van der Waals surface area contributed by atoms with Crippen LogP contribution in [0.15, 0.2) is 0 Å². The van der Waals surface area contributed by atoms with Crippen molar-refractivity contribution in [3.8, 4) is 0 Å². The van der Waals surface area contributed by atoms with Crippen LogP contribution >= 0.6 is 0 Å². The molecule has 1 aliphatic heterocycles. The first-order valence-electron chi connectivity index (χ1n) is 8.75. The fourth-order valence-corrected chi connectivity index (χ4v) is 4.55. The lowest BCUT2D eigenvalue weighted by Crippen LogP contribution is -2.61. The number of nitrogens with one attached hydrogen (secondary N) is 1. The molecule has 1 heterocycles. The molecule has 3 rings (SSSR count). The Morgan fingerprint density at radius 2 is 1.90 bits per heavy atom. The fraction of sp³-hybridized carbons (Fsp3) is 0.941. The average Bonchev–Trinajstić information content (AvgIpc) is 3.14. The van der Waals surface area contributed by atoms with Crippen molar-refractivity contribution in [2.45, 2.75) is 51.0 Å². The highest BCUT2D eigenvalue weighted by molar-refractivity contribution is 5.82. The third-order valence-electron chi connectivity index (χ3n) is 5.79. The van der Waals surface area contributed by atoms with Gasteiger partial charge in [-0.1, -0.05) is 13.3 Å². The van der Waals surface area contributed by atoms with Crippen LogP contribution < -0.4 is 5.32 Å². The fourth-order valence-electron chi connectivity index (χ4n) is 4.55. The van der Waals surface area contributed by atoms with Crippen molar-refractivity contribution in [2.24, 2.45) is 17.8 Å². The van der Waals surface area contributed by atoms with Crippen LogP contribution in [0.5, 0.6) is 0 Å². The molecule has 0 bridgehead atoms. The Labute approximate surface area is 128 Å². The lowest BCUT2D eigenvalue weighted by molar-refractivity contribution is -0.150. The normalized spacial score (nSPS) is 31.9. The minimum atomic E-state index is -0.455. The molecule has 120 valence electrons. The predicted octanol–water partition coefficient (Wildman–Crippen LogP) is 2.04. The second-order valence-electron chi connectivity index (χ2n) is 7.31. The number of hydrogen-bond acceptors (Lipinski definition) is 4. The minimum absolute atomic E-state index is 0.0458. The van der Waals surface area contributed by atoms with Crippen LogP contribution in [0.2, 0.25) is 0 Å². The topological polar surface area (TPSA) is 41.6 Å². The zero-order valence-electron chi connectivity index (χ0n) is 13.6. The SMILES string of the molecule is CCCNC(CN1CC2CCCC2C1)(C(=O)OC)C1CC1. The van der Waals surface area contributed by atoms with Crippen LogP contribution in [-0.4, -0.2) is 49.7 Å². The van der Waals surface area contributed by atoms with Gasteiger partial charge < -0.3 is 15.0 Å². The van der Waals surface area contributed by atoms with Gasteiger partial charge in [0.2, 0.25) is 0 Å². The summed E-state index contributed by atoms with van der Waals surface area (Å²) in [4.78, 5) is 15.1. The summed E-state index contributed by atoms with van der Waals surface area (Å²) in [6, 6.07) is 0. The molecular weight excluding hydrogens is 264 g/mol. The van der Waals surface area contributed by atoms with E-state index in [-0.39, 0.29) is 5.97 Å². The number of carbonyl (C=O) groups excluding carboxylic acids is 1. The molecule has 0 radical (unpaired) electrons. The van der Waals surface area contributed by atoms with Gasteiger partial charge in [-0.25, -0.2) is 4.79 Å². The number of hydrogen-bond donors (Lipinski definition) is 1. The van der Waals surface area contributed by atoms with E-state index in [1.807, 2.05) is 0 Å². The van der Waals surface area contributed by atoms with Crippen LogP contribution in [-0.2, 0) is 9.53 Å². The van der Waals surface area contributed by atoms with E-state index >= 15 is 0 Å². The molecule has 4 nitrogen and oxygen atoms in total. The summed E-state index contributed by atoms with van der Waals surface area (Å²) in [6.07, 6.45) is 7.55. The maximum atomic E-state index is 12.5. The van der Waals surface area contributed by atoms with Gasteiger partial charge in [0.25, 0.3) is 0 Å². The Morgan fingerprint density at radius 3 is 2.43 bits per heavy atom. The second-order valence-corrected chi connectivity index (χ2v) is 7.31. The zero-order chi connectivity index (χ0) is 14.9. The summed E-state index contributed by atoms with van der Waals surface area (Å²) in [7, 11) is 1.53. The molecule has 4 heteroatoms. The van der Waals surface area contributed by atoms with Gasteiger partial charge in [0, 0.05) is 19.6 Å². The number of likely N-dealkylation sites (tertiary alicyclic amines) is 1. The van der Waals surface area contributed by atoms with Crippen LogP contribution in [0.1, 0.15) is 45.4 Å². The van der Waals surface area contributed by atoms with E-state index < -0.39 is 5.54 Å². The smallest absolute Gasteiger partial charge is 0.327 e. The molecule has 0 aromatic heterocycles. The molecule has 3 atom stereocenters. The van der Waals surface area contributed by atoms with Gasteiger partial charge >= 0.3 is 5.97 Å². The Balaban J connectivity index is 1.70. The molecule has 21 heavy (non-hydrogen) atoms. The van der Waals surface area contributed by atoms with Crippen molar-refractivity contribution in [1.29, 1.82) is 0 Å². The number of nitrogens with zero attached hydrogens (tertiary/aromatic N) is 1. The number of methoxy groups -OCH3 is 1. The van der Waals surface area contributed by atoms with Crippen molar-refractivity contribution in [1.82, 2.24) is 10.2 Å². The highest BCUT2D eigenvalue weighted by Gasteiger charge is 2.53. The molecular formula is C17H30N2O2. The standard InChI is InChI=1S/C17H30N2O2/c1-3-9-18-17(15-7-8-15,16(20)21-2)12-19-10-13-5-4-6-14(13)11-19/h13-15,18H,3-12H2,1-2H3. The third kappa shape index (κ3) is 2.98. The first-order valence-corrected chi connectivity index (χ1v) is 8.75. The van der Waals surface area contributed by atoms with E-state index in [2.05, 4.69) is 17.1 Å². The summed E-state index contributed by atoms with van der Waals surface area (Å²) < 4.78 is 5.19.